The normalized spacial score (nSPS) is 18.0. The van der Waals surface area contributed by atoms with E-state index in [1.807, 2.05) is 0 Å². The third kappa shape index (κ3) is 4.74. The van der Waals surface area contributed by atoms with Gasteiger partial charge < -0.3 is 15.3 Å². The van der Waals surface area contributed by atoms with Crippen LogP contribution in [0.4, 0.5) is 4.79 Å². The van der Waals surface area contributed by atoms with Crippen molar-refractivity contribution < 1.29 is 14.7 Å². The fourth-order valence-electron chi connectivity index (χ4n) is 2.56. The third-order valence-corrected chi connectivity index (χ3v) is 5.05. The maximum absolute atomic E-state index is 12.1. The summed E-state index contributed by atoms with van der Waals surface area (Å²) in [6, 6.07) is 4.12. The van der Waals surface area contributed by atoms with Gasteiger partial charge in [0.25, 0.3) is 0 Å². The molecule has 2 rings (SSSR count). The number of hydrogen-bond donors (Lipinski definition) is 2. The molecule has 0 aliphatic carbocycles. The van der Waals surface area contributed by atoms with Crippen LogP contribution >= 0.6 is 11.3 Å². The van der Waals surface area contributed by atoms with Crippen LogP contribution in [0, 0.1) is 5.92 Å². The van der Waals surface area contributed by atoms with Crippen LogP contribution in [-0.2, 0) is 17.8 Å². The summed E-state index contributed by atoms with van der Waals surface area (Å²) in [5, 5.41) is 11.6. The first kappa shape index (κ1) is 15.8. The molecule has 0 saturated carbocycles. The lowest BCUT2D eigenvalue weighted by Gasteiger charge is -2.17. The molecule has 0 aromatic carbocycles. The van der Waals surface area contributed by atoms with E-state index >= 15 is 0 Å². The number of rotatable bonds is 6. The molecule has 1 fully saturated rings. The van der Waals surface area contributed by atoms with Gasteiger partial charge in [0.1, 0.15) is 0 Å². The lowest BCUT2D eigenvalue weighted by molar-refractivity contribution is -0.137. The van der Waals surface area contributed by atoms with Crippen molar-refractivity contribution in [3.8, 4) is 0 Å². The highest BCUT2D eigenvalue weighted by molar-refractivity contribution is 7.11. The molecular weight excluding hydrogens is 288 g/mol. The molecule has 1 saturated heterocycles. The molecule has 21 heavy (non-hydrogen) atoms. The Labute approximate surface area is 129 Å². The summed E-state index contributed by atoms with van der Waals surface area (Å²) in [4.78, 5) is 26.9. The maximum atomic E-state index is 12.1. The van der Waals surface area contributed by atoms with Crippen LogP contribution in [0.3, 0.4) is 0 Å². The van der Waals surface area contributed by atoms with E-state index in [2.05, 4.69) is 24.4 Å². The zero-order valence-electron chi connectivity index (χ0n) is 12.3. The Kier molecular flexibility index (Phi) is 5.61. The number of hydrogen-bond acceptors (Lipinski definition) is 3. The molecule has 0 bridgehead atoms. The predicted molar refractivity (Wildman–Crippen MR) is 82.5 cm³/mol. The highest BCUT2D eigenvalue weighted by Gasteiger charge is 2.26. The molecule has 116 valence electrons. The van der Waals surface area contributed by atoms with Gasteiger partial charge in [0.2, 0.25) is 0 Å². The number of aliphatic carboxylic acids is 1. The minimum absolute atomic E-state index is 0.0423. The molecule has 1 aliphatic heterocycles. The van der Waals surface area contributed by atoms with Crippen molar-refractivity contribution in [3.05, 3.63) is 21.9 Å². The summed E-state index contributed by atoms with van der Waals surface area (Å²) in [5.41, 5.74) is 0. The van der Waals surface area contributed by atoms with Gasteiger partial charge in [0.05, 0.1) is 6.54 Å². The van der Waals surface area contributed by atoms with Crippen molar-refractivity contribution in [2.45, 2.75) is 39.2 Å². The van der Waals surface area contributed by atoms with Crippen LogP contribution in [0.2, 0.25) is 0 Å². The number of nitrogens with one attached hydrogen (secondary N) is 1. The standard InChI is InChI=1S/C15H22N2O3S/c1-2-12-4-5-13(21-12)9-16-15(20)17-8-7-11(10-17)3-6-14(18)19/h4-5,11H,2-3,6-10H2,1H3,(H,16,20)(H,18,19). The molecular formula is C15H22N2O3S. The Morgan fingerprint density at radius 1 is 1.43 bits per heavy atom. The number of urea groups is 1. The molecule has 1 aliphatic rings. The van der Waals surface area contributed by atoms with Gasteiger partial charge >= 0.3 is 12.0 Å². The average Bonchev–Trinajstić information content (AvgIpc) is 3.11. The number of nitrogens with zero attached hydrogens (tertiary/aromatic N) is 1. The number of carboxylic acid groups (broad SMARTS) is 1. The number of aryl methyl sites for hydroxylation is 1. The van der Waals surface area contributed by atoms with E-state index in [0.717, 1.165) is 19.4 Å². The fourth-order valence-corrected chi connectivity index (χ4v) is 3.46. The average molecular weight is 310 g/mol. The number of carbonyl (C=O) groups is 2. The Morgan fingerprint density at radius 3 is 2.86 bits per heavy atom. The summed E-state index contributed by atoms with van der Waals surface area (Å²) in [6.07, 6.45) is 2.77. The maximum Gasteiger partial charge on any atom is 0.317 e. The van der Waals surface area contributed by atoms with E-state index in [4.69, 9.17) is 5.11 Å². The molecule has 1 aromatic heterocycles. The van der Waals surface area contributed by atoms with Gasteiger partial charge in [0, 0.05) is 29.3 Å². The molecule has 2 N–H and O–H groups in total. The van der Waals surface area contributed by atoms with Gasteiger partial charge in [-0.25, -0.2) is 4.79 Å². The molecule has 0 spiro atoms. The number of carboxylic acids is 1. The highest BCUT2D eigenvalue weighted by atomic mass is 32.1. The molecule has 0 radical (unpaired) electrons. The molecule has 5 nitrogen and oxygen atoms in total. The first-order chi connectivity index (χ1) is 10.1. The van der Waals surface area contributed by atoms with Gasteiger partial charge in [-0.05, 0) is 37.3 Å². The monoisotopic (exact) mass is 310 g/mol. The second-order valence-electron chi connectivity index (χ2n) is 5.41. The molecule has 1 unspecified atom stereocenters. The van der Waals surface area contributed by atoms with Crippen LogP contribution in [0.25, 0.3) is 0 Å². The Bertz CT molecular complexity index is 501. The minimum Gasteiger partial charge on any atom is -0.481 e. The lowest BCUT2D eigenvalue weighted by Crippen LogP contribution is -2.37. The fraction of sp³-hybridized carbons (Fsp3) is 0.600. The Balaban J connectivity index is 1.72. The SMILES string of the molecule is CCc1ccc(CNC(=O)N2CCC(CCC(=O)O)C2)s1. The largest absolute Gasteiger partial charge is 0.481 e. The van der Waals surface area contributed by atoms with E-state index in [1.165, 1.54) is 9.75 Å². The van der Waals surface area contributed by atoms with Crippen LogP contribution in [0.1, 0.15) is 35.9 Å². The van der Waals surface area contributed by atoms with Crippen molar-refractivity contribution >= 4 is 23.3 Å². The Morgan fingerprint density at radius 2 is 2.19 bits per heavy atom. The minimum atomic E-state index is -0.762. The molecule has 2 heterocycles. The quantitative estimate of drug-likeness (QED) is 0.849. The van der Waals surface area contributed by atoms with Crippen molar-refractivity contribution in [1.82, 2.24) is 10.2 Å². The van der Waals surface area contributed by atoms with E-state index in [1.54, 1.807) is 16.2 Å². The molecule has 1 atom stereocenters. The van der Waals surface area contributed by atoms with E-state index in [9.17, 15) is 9.59 Å². The van der Waals surface area contributed by atoms with Crippen LogP contribution in [-0.4, -0.2) is 35.1 Å². The first-order valence-corrected chi connectivity index (χ1v) is 8.22. The van der Waals surface area contributed by atoms with Crippen molar-refractivity contribution in [2.24, 2.45) is 5.92 Å². The van der Waals surface area contributed by atoms with Crippen molar-refractivity contribution in [1.29, 1.82) is 0 Å². The van der Waals surface area contributed by atoms with Gasteiger partial charge in [-0.2, -0.15) is 0 Å². The first-order valence-electron chi connectivity index (χ1n) is 7.40. The van der Waals surface area contributed by atoms with E-state index < -0.39 is 5.97 Å². The third-order valence-electron chi connectivity index (χ3n) is 3.82. The van der Waals surface area contributed by atoms with Crippen molar-refractivity contribution in [3.63, 3.8) is 0 Å². The second-order valence-corrected chi connectivity index (χ2v) is 6.67. The molecule has 6 heteroatoms. The summed E-state index contributed by atoms with van der Waals surface area (Å²) in [5.74, 6) is -0.442. The van der Waals surface area contributed by atoms with Crippen LogP contribution in [0.15, 0.2) is 12.1 Å². The number of likely N-dealkylation sites (tertiary alicyclic amines) is 1. The van der Waals surface area contributed by atoms with E-state index in [0.29, 0.717) is 25.4 Å². The van der Waals surface area contributed by atoms with Crippen LogP contribution in [0.5, 0.6) is 0 Å². The van der Waals surface area contributed by atoms with Gasteiger partial charge in [-0.1, -0.05) is 6.92 Å². The summed E-state index contributed by atoms with van der Waals surface area (Å²) < 4.78 is 0. The van der Waals surface area contributed by atoms with Crippen LogP contribution < -0.4 is 5.32 Å². The van der Waals surface area contributed by atoms with Gasteiger partial charge in [-0.15, -0.1) is 11.3 Å². The van der Waals surface area contributed by atoms with E-state index in [-0.39, 0.29) is 12.5 Å². The summed E-state index contributed by atoms with van der Waals surface area (Å²) in [7, 11) is 0. The summed E-state index contributed by atoms with van der Waals surface area (Å²) >= 11 is 1.73. The predicted octanol–water partition coefficient (Wildman–Crippen LogP) is 2.71. The number of thiophene rings is 1. The molecule has 1 aromatic rings. The zero-order valence-corrected chi connectivity index (χ0v) is 13.1. The summed E-state index contributed by atoms with van der Waals surface area (Å²) in [6.45, 7) is 4.08. The topological polar surface area (TPSA) is 69.6 Å². The second kappa shape index (κ2) is 7.45. The number of carbonyl (C=O) groups excluding carboxylic acids is 1. The lowest BCUT2D eigenvalue weighted by atomic mass is 10.0. The highest BCUT2D eigenvalue weighted by Crippen LogP contribution is 2.21. The molecule has 2 amide bonds. The zero-order chi connectivity index (χ0) is 15.2. The van der Waals surface area contributed by atoms with Gasteiger partial charge in [0.15, 0.2) is 0 Å². The van der Waals surface area contributed by atoms with Crippen molar-refractivity contribution in [2.75, 3.05) is 13.1 Å². The number of amides is 2. The smallest absolute Gasteiger partial charge is 0.317 e. The van der Waals surface area contributed by atoms with Gasteiger partial charge in [-0.3, -0.25) is 4.79 Å². The Hall–Kier alpha value is -1.56.